The summed E-state index contributed by atoms with van der Waals surface area (Å²) < 4.78 is 15.6. The summed E-state index contributed by atoms with van der Waals surface area (Å²) in [5, 5.41) is 9.07. The third kappa shape index (κ3) is 3.38. The summed E-state index contributed by atoms with van der Waals surface area (Å²) in [6.45, 7) is 2.69. The molecule has 0 bridgehead atoms. The number of carbonyl (C=O) groups excluding carboxylic acids is 1. The summed E-state index contributed by atoms with van der Waals surface area (Å²) in [5.74, 6) is 0.127. The minimum Gasteiger partial charge on any atom is -0.302 e. The molecule has 3 aromatic rings. The fourth-order valence-electron chi connectivity index (χ4n) is 2.38. The maximum absolute atomic E-state index is 13.7. The van der Waals surface area contributed by atoms with Crippen LogP contribution in [0.1, 0.15) is 17.3 Å². The molecule has 0 aliphatic rings. The number of hydrogen-bond donors (Lipinski definition) is 0. The first kappa shape index (κ1) is 16.4. The molecule has 0 spiro atoms. The van der Waals surface area contributed by atoms with Gasteiger partial charge in [0.05, 0.1) is 11.3 Å². The Kier molecular flexibility index (Phi) is 5.05. The Bertz CT molecular complexity index is 848. The van der Waals surface area contributed by atoms with Gasteiger partial charge in [-0.2, -0.15) is 0 Å². The van der Waals surface area contributed by atoms with Gasteiger partial charge in [-0.15, -0.1) is 10.2 Å². The van der Waals surface area contributed by atoms with Gasteiger partial charge >= 0.3 is 0 Å². The van der Waals surface area contributed by atoms with E-state index in [0.29, 0.717) is 11.7 Å². The van der Waals surface area contributed by atoms with Crippen molar-refractivity contribution in [2.24, 2.45) is 0 Å². The number of carbonyl (C=O) groups is 1. The molecule has 6 heteroatoms. The molecular weight excluding hydrogens is 325 g/mol. The Hall–Kier alpha value is -2.47. The van der Waals surface area contributed by atoms with Crippen LogP contribution in [0, 0.1) is 5.82 Å². The van der Waals surface area contributed by atoms with Crippen LogP contribution in [-0.2, 0) is 6.54 Å². The van der Waals surface area contributed by atoms with E-state index < -0.39 is 5.82 Å². The van der Waals surface area contributed by atoms with Crippen LogP contribution in [0.2, 0.25) is 0 Å². The second-order valence-corrected chi connectivity index (χ2v) is 6.05. The standard InChI is InChI=1S/C18H16FN3OS/c1-2-22-17(13-8-4-3-5-9-13)20-21-18(22)24-12-16(23)14-10-6-7-11-15(14)19/h3-11H,2,12H2,1H3. The van der Waals surface area contributed by atoms with Crippen LogP contribution in [0.15, 0.2) is 59.8 Å². The number of hydrogen-bond acceptors (Lipinski definition) is 4. The number of thioether (sulfide) groups is 1. The first-order valence-electron chi connectivity index (χ1n) is 7.60. The van der Waals surface area contributed by atoms with Crippen LogP contribution in [0.5, 0.6) is 0 Å². The van der Waals surface area contributed by atoms with Crippen molar-refractivity contribution in [3.05, 3.63) is 66.0 Å². The minimum atomic E-state index is -0.495. The number of aromatic nitrogens is 3. The number of rotatable bonds is 6. The molecule has 0 fully saturated rings. The lowest BCUT2D eigenvalue weighted by atomic mass is 10.1. The highest BCUT2D eigenvalue weighted by atomic mass is 32.2. The molecule has 0 atom stereocenters. The van der Waals surface area contributed by atoms with Gasteiger partial charge in [0, 0.05) is 12.1 Å². The molecular formula is C18H16FN3OS. The lowest BCUT2D eigenvalue weighted by molar-refractivity contribution is 0.101. The highest BCUT2D eigenvalue weighted by Crippen LogP contribution is 2.24. The number of ketones is 1. The lowest BCUT2D eigenvalue weighted by Crippen LogP contribution is -2.07. The molecule has 0 amide bonds. The Balaban J connectivity index is 1.78. The van der Waals surface area contributed by atoms with Crippen molar-refractivity contribution < 1.29 is 9.18 Å². The van der Waals surface area contributed by atoms with Crippen molar-refractivity contribution in [1.29, 1.82) is 0 Å². The molecule has 0 unspecified atom stereocenters. The van der Waals surface area contributed by atoms with Gasteiger partial charge in [-0.25, -0.2) is 4.39 Å². The molecule has 0 aliphatic carbocycles. The van der Waals surface area contributed by atoms with Crippen LogP contribution >= 0.6 is 11.8 Å². The highest BCUT2D eigenvalue weighted by molar-refractivity contribution is 7.99. The number of nitrogens with zero attached hydrogens (tertiary/aromatic N) is 3. The first-order chi connectivity index (χ1) is 11.7. The zero-order chi connectivity index (χ0) is 16.9. The van der Waals surface area contributed by atoms with Gasteiger partial charge in [-0.05, 0) is 19.1 Å². The third-order valence-corrected chi connectivity index (χ3v) is 4.54. The summed E-state index contributed by atoms with van der Waals surface area (Å²) in [5.41, 5.74) is 1.08. The predicted octanol–water partition coefficient (Wildman–Crippen LogP) is 4.08. The molecule has 3 rings (SSSR count). The van der Waals surface area contributed by atoms with E-state index in [0.717, 1.165) is 11.4 Å². The largest absolute Gasteiger partial charge is 0.302 e. The maximum Gasteiger partial charge on any atom is 0.191 e. The SMILES string of the molecule is CCn1c(SCC(=O)c2ccccc2F)nnc1-c1ccccc1. The van der Waals surface area contributed by atoms with Crippen molar-refractivity contribution in [2.75, 3.05) is 5.75 Å². The monoisotopic (exact) mass is 341 g/mol. The van der Waals surface area contributed by atoms with Gasteiger partial charge in [-0.1, -0.05) is 54.2 Å². The van der Waals surface area contributed by atoms with Crippen LogP contribution in [0.4, 0.5) is 4.39 Å². The normalized spacial score (nSPS) is 10.8. The number of Topliss-reactive ketones (excluding diaryl/α,β-unsaturated/α-hetero) is 1. The van der Waals surface area contributed by atoms with Gasteiger partial charge in [0.1, 0.15) is 5.82 Å². The average Bonchev–Trinajstić information content (AvgIpc) is 3.03. The lowest BCUT2D eigenvalue weighted by Gasteiger charge is -2.07. The summed E-state index contributed by atoms with van der Waals surface area (Å²) in [4.78, 5) is 12.2. The highest BCUT2D eigenvalue weighted by Gasteiger charge is 2.16. The fourth-order valence-corrected chi connectivity index (χ4v) is 3.26. The second kappa shape index (κ2) is 7.40. The molecule has 0 N–H and O–H groups in total. The van der Waals surface area contributed by atoms with E-state index >= 15 is 0 Å². The van der Waals surface area contributed by atoms with E-state index in [1.54, 1.807) is 12.1 Å². The number of halogens is 1. The first-order valence-corrected chi connectivity index (χ1v) is 8.58. The van der Waals surface area contributed by atoms with E-state index in [9.17, 15) is 9.18 Å². The topological polar surface area (TPSA) is 47.8 Å². The average molecular weight is 341 g/mol. The Morgan fingerprint density at radius 3 is 2.50 bits per heavy atom. The van der Waals surface area contributed by atoms with E-state index in [4.69, 9.17) is 0 Å². The summed E-state index contributed by atoms with van der Waals surface area (Å²) in [7, 11) is 0. The van der Waals surface area contributed by atoms with Gasteiger partial charge in [0.2, 0.25) is 0 Å². The molecule has 0 saturated heterocycles. The van der Waals surface area contributed by atoms with E-state index in [2.05, 4.69) is 10.2 Å². The second-order valence-electron chi connectivity index (χ2n) is 5.11. The molecule has 0 saturated carbocycles. The molecule has 1 heterocycles. The van der Waals surface area contributed by atoms with Crippen LogP contribution in [-0.4, -0.2) is 26.3 Å². The summed E-state index contributed by atoms with van der Waals surface area (Å²) in [6.07, 6.45) is 0. The van der Waals surface area contributed by atoms with E-state index in [-0.39, 0.29) is 17.1 Å². The Morgan fingerprint density at radius 1 is 1.08 bits per heavy atom. The van der Waals surface area contributed by atoms with Crippen LogP contribution < -0.4 is 0 Å². The molecule has 4 nitrogen and oxygen atoms in total. The zero-order valence-corrected chi connectivity index (χ0v) is 14.0. The smallest absolute Gasteiger partial charge is 0.191 e. The predicted molar refractivity (Wildman–Crippen MR) is 92.6 cm³/mol. The van der Waals surface area contributed by atoms with Crippen molar-refractivity contribution >= 4 is 17.5 Å². The quantitative estimate of drug-likeness (QED) is 0.501. The molecule has 0 aliphatic heterocycles. The van der Waals surface area contributed by atoms with E-state index in [1.807, 2.05) is 41.8 Å². The van der Waals surface area contributed by atoms with Crippen molar-refractivity contribution in [1.82, 2.24) is 14.8 Å². The molecule has 24 heavy (non-hydrogen) atoms. The maximum atomic E-state index is 13.7. The molecule has 1 aromatic heterocycles. The van der Waals surface area contributed by atoms with Crippen LogP contribution in [0.25, 0.3) is 11.4 Å². The van der Waals surface area contributed by atoms with Crippen molar-refractivity contribution in [3.8, 4) is 11.4 Å². The fraction of sp³-hybridized carbons (Fsp3) is 0.167. The Morgan fingerprint density at radius 2 is 1.79 bits per heavy atom. The van der Waals surface area contributed by atoms with Gasteiger partial charge in [0.25, 0.3) is 0 Å². The van der Waals surface area contributed by atoms with Crippen LogP contribution in [0.3, 0.4) is 0 Å². The summed E-state index contributed by atoms with van der Waals surface area (Å²) >= 11 is 1.27. The zero-order valence-electron chi connectivity index (χ0n) is 13.1. The molecule has 122 valence electrons. The molecule has 0 radical (unpaired) electrons. The minimum absolute atomic E-state index is 0.107. The molecule has 2 aromatic carbocycles. The number of benzene rings is 2. The Labute approximate surface area is 143 Å². The van der Waals surface area contributed by atoms with E-state index in [1.165, 1.54) is 23.9 Å². The van der Waals surface area contributed by atoms with Crippen molar-refractivity contribution in [2.45, 2.75) is 18.6 Å². The van der Waals surface area contributed by atoms with Gasteiger partial charge < -0.3 is 4.57 Å². The van der Waals surface area contributed by atoms with Gasteiger partial charge in [0.15, 0.2) is 16.8 Å². The third-order valence-electron chi connectivity index (χ3n) is 3.57. The summed E-state index contributed by atoms with van der Waals surface area (Å²) in [6, 6.07) is 15.8. The van der Waals surface area contributed by atoms with Crippen molar-refractivity contribution in [3.63, 3.8) is 0 Å². The van der Waals surface area contributed by atoms with Gasteiger partial charge in [-0.3, -0.25) is 4.79 Å².